The van der Waals surface area contributed by atoms with E-state index in [1.165, 1.54) is 17.8 Å². The highest BCUT2D eigenvalue weighted by atomic mass is 32.1. The van der Waals surface area contributed by atoms with Crippen molar-refractivity contribution in [1.29, 1.82) is 0 Å². The number of carbonyl (C=O) groups is 2. The van der Waals surface area contributed by atoms with E-state index < -0.39 is 0 Å². The standard InChI is InChI=1S/C18H29N3O2S/c1-3-10-19-17(22)15-13-24-16(20-15)12-21(11-4-2)18(23)14-8-6-5-7-9-14/h13-14H,3-12H2,1-2H3,(H,19,22). The largest absolute Gasteiger partial charge is 0.351 e. The van der Waals surface area contributed by atoms with Crippen LogP contribution in [0, 0.1) is 5.92 Å². The molecule has 1 aromatic heterocycles. The molecule has 1 aromatic rings. The van der Waals surface area contributed by atoms with Gasteiger partial charge in [0.2, 0.25) is 5.91 Å². The molecule has 5 nitrogen and oxygen atoms in total. The average molecular weight is 352 g/mol. The van der Waals surface area contributed by atoms with Crippen LogP contribution in [0.1, 0.15) is 74.3 Å². The van der Waals surface area contributed by atoms with Crippen LogP contribution in [0.2, 0.25) is 0 Å². The van der Waals surface area contributed by atoms with Gasteiger partial charge in [0.15, 0.2) is 0 Å². The fourth-order valence-corrected chi connectivity index (χ4v) is 3.91. The van der Waals surface area contributed by atoms with Gasteiger partial charge in [0.25, 0.3) is 5.91 Å². The van der Waals surface area contributed by atoms with E-state index in [2.05, 4.69) is 17.2 Å². The van der Waals surface area contributed by atoms with Gasteiger partial charge in [0.05, 0.1) is 6.54 Å². The van der Waals surface area contributed by atoms with Crippen LogP contribution in [0.15, 0.2) is 5.38 Å². The van der Waals surface area contributed by atoms with Crippen molar-refractivity contribution in [2.45, 2.75) is 65.3 Å². The molecule has 24 heavy (non-hydrogen) atoms. The molecule has 1 N–H and O–H groups in total. The van der Waals surface area contributed by atoms with Crippen LogP contribution in [-0.4, -0.2) is 34.8 Å². The second-order valence-electron chi connectivity index (χ2n) is 6.48. The Bertz CT molecular complexity index is 538. The molecule has 1 saturated carbocycles. The van der Waals surface area contributed by atoms with Crippen LogP contribution >= 0.6 is 11.3 Å². The third kappa shape index (κ3) is 5.30. The molecule has 0 radical (unpaired) electrons. The number of aromatic nitrogens is 1. The van der Waals surface area contributed by atoms with Crippen molar-refractivity contribution in [3.63, 3.8) is 0 Å². The van der Waals surface area contributed by atoms with Crippen LogP contribution in [0.5, 0.6) is 0 Å². The molecule has 1 aliphatic carbocycles. The first-order chi connectivity index (χ1) is 11.7. The van der Waals surface area contributed by atoms with Crippen molar-refractivity contribution in [1.82, 2.24) is 15.2 Å². The van der Waals surface area contributed by atoms with Gasteiger partial charge < -0.3 is 10.2 Å². The first-order valence-corrected chi connectivity index (χ1v) is 10.0. The lowest BCUT2D eigenvalue weighted by molar-refractivity contribution is -0.137. The molecule has 0 aliphatic heterocycles. The van der Waals surface area contributed by atoms with Crippen molar-refractivity contribution < 1.29 is 9.59 Å². The quantitative estimate of drug-likeness (QED) is 0.778. The summed E-state index contributed by atoms with van der Waals surface area (Å²) in [5.41, 5.74) is 0.463. The van der Waals surface area contributed by atoms with E-state index in [0.29, 0.717) is 18.8 Å². The smallest absolute Gasteiger partial charge is 0.270 e. The van der Waals surface area contributed by atoms with E-state index in [1.54, 1.807) is 5.38 Å². The molecule has 2 amide bonds. The molecule has 1 aliphatic rings. The van der Waals surface area contributed by atoms with Crippen molar-refractivity contribution in [3.05, 3.63) is 16.1 Å². The second kappa shape index (κ2) is 9.77. The van der Waals surface area contributed by atoms with Gasteiger partial charge in [-0.05, 0) is 25.7 Å². The molecule has 0 unspecified atom stereocenters. The average Bonchev–Trinajstić information content (AvgIpc) is 3.08. The van der Waals surface area contributed by atoms with E-state index in [9.17, 15) is 9.59 Å². The molecule has 6 heteroatoms. The molecule has 0 spiro atoms. The van der Waals surface area contributed by atoms with Gasteiger partial charge in [0, 0.05) is 24.4 Å². The maximum atomic E-state index is 12.8. The van der Waals surface area contributed by atoms with Gasteiger partial charge in [-0.1, -0.05) is 33.1 Å². The Kier molecular flexibility index (Phi) is 7.69. The van der Waals surface area contributed by atoms with Gasteiger partial charge in [-0.3, -0.25) is 9.59 Å². The summed E-state index contributed by atoms with van der Waals surface area (Å²) < 4.78 is 0. The van der Waals surface area contributed by atoms with Gasteiger partial charge >= 0.3 is 0 Å². The summed E-state index contributed by atoms with van der Waals surface area (Å²) in [5, 5.41) is 5.47. The lowest BCUT2D eigenvalue weighted by atomic mass is 9.88. The highest BCUT2D eigenvalue weighted by Gasteiger charge is 2.26. The Balaban J connectivity index is 1.98. The third-order valence-electron chi connectivity index (χ3n) is 4.41. The molecule has 134 valence electrons. The monoisotopic (exact) mass is 351 g/mol. The number of amides is 2. The van der Waals surface area contributed by atoms with Gasteiger partial charge in [0.1, 0.15) is 10.7 Å². The molecule has 0 saturated heterocycles. The summed E-state index contributed by atoms with van der Waals surface area (Å²) in [6.45, 7) is 6.05. The van der Waals surface area contributed by atoms with Crippen LogP contribution in [0.3, 0.4) is 0 Å². The molecule has 1 fully saturated rings. The van der Waals surface area contributed by atoms with E-state index in [0.717, 1.165) is 50.1 Å². The van der Waals surface area contributed by atoms with Crippen molar-refractivity contribution in [2.75, 3.05) is 13.1 Å². The summed E-state index contributed by atoms with van der Waals surface area (Å²) in [7, 11) is 0. The minimum Gasteiger partial charge on any atom is -0.351 e. The lowest BCUT2D eigenvalue weighted by Gasteiger charge is -2.28. The predicted molar refractivity (Wildman–Crippen MR) is 97.0 cm³/mol. The van der Waals surface area contributed by atoms with Gasteiger partial charge in [-0.15, -0.1) is 11.3 Å². The van der Waals surface area contributed by atoms with E-state index >= 15 is 0 Å². The normalized spacial score (nSPS) is 15.2. The van der Waals surface area contributed by atoms with Crippen LogP contribution in [0.4, 0.5) is 0 Å². The number of nitrogens with one attached hydrogen (secondary N) is 1. The van der Waals surface area contributed by atoms with Crippen molar-refractivity contribution >= 4 is 23.2 Å². The summed E-state index contributed by atoms with van der Waals surface area (Å²) in [6, 6.07) is 0. The fourth-order valence-electron chi connectivity index (χ4n) is 3.12. The molecular formula is C18H29N3O2S. The molecule has 0 bridgehead atoms. The number of hydrogen-bond acceptors (Lipinski definition) is 4. The zero-order chi connectivity index (χ0) is 17.4. The highest BCUT2D eigenvalue weighted by Crippen LogP contribution is 2.26. The maximum Gasteiger partial charge on any atom is 0.270 e. The highest BCUT2D eigenvalue weighted by molar-refractivity contribution is 7.09. The maximum absolute atomic E-state index is 12.8. The SMILES string of the molecule is CCCNC(=O)c1csc(CN(CCC)C(=O)C2CCCCC2)n1. The van der Waals surface area contributed by atoms with E-state index in [1.807, 2.05) is 11.8 Å². The third-order valence-corrected chi connectivity index (χ3v) is 5.24. The number of carbonyl (C=O) groups excluding carboxylic acids is 2. The minimum absolute atomic E-state index is 0.125. The first kappa shape index (κ1) is 18.9. The van der Waals surface area contributed by atoms with E-state index in [-0.39, 0.29) is 17.7 Å². The second-order valence-corrected chi connectivity index (χ2v) is 7.42. The summed E-state index contributed by atoms with van der Waals surface area (Å²) in [5.74, 6) is 0.321. The number of nitrogens with zero attached hydrogens (tertiary/aromatic N) is 2. The zero-order valence-electron chi connectivity index (χ0n) is 14.8. The summed E-state index contributed by atoms with van der Waals surface area (Å²) >= 11 is 1.46. The Morgan fingerprint density at radius 1 is 1.25 bits per heavy atom. The van der Waals surface area contributed by atoms with Gasteiger partial charge in [-0.25, -0.2) is 4.98 Å². The van der Waals surface area contributed by atoms with Crippen LogP contribution < -0.4 is 5.32 Å². The van der Waals surface area contributed by atoms with Crippen LogP contribution in [-0.2, 0) is 11.3 Å². The molecule has 1 heterocycles. The van der Waals surface area contributed by atoms with E-state index in [4.69, 9.17) is 0 Å². The number of hydrogen-bond donors (Lipinski definition) is 1. The van der Waals surface area contributed by atoms with Gasteiger partial charge in [-0.2, -0.15) is 0 Å². The molecular weight excluding hydrogens is 322 g/mol. The lowest BCUT2D eigenvalue weighted by Crippen LogP contribution is -2.37. The summed E-state index contributed by atoms with van der Waals surface area (Å²) in [6.07, 6.45) is 7.45. The summed E-state index contributed by atoms with van der Waals surface area (Å²) in [4.78, 5) is 31.1. The zero-order valence-corrected chi connectivity index (χ0v) is 15.7. The molecule has 0 atom stereocenters. The first-order valence-electron chi connectivity index (χ1n) is 9.17. The van der Waals surface area contributed by atoms with Crippen molar-refractivity contribution in [2.24, 2.45) is 5.92 Å². The Hall–Kier alpha value is -1.43. The minimum atomic E-state index is -0.125. The fraction of sp³-hybridized carbons (Fsp3) is 0.722. The Morgan fingerprint density at radius 3 is 2.67 bits per heavy atom. The Morgan fingerprint density at radius 2 is 2.00 bits per heavy atom. The molecule has 0 aromatic carbocycles. The number of rotatable bonds is 8. The van der Waals surface area contributed by atoms with Crippen LogP contribution in [0.25, 0.3) is 0 Å². The predicted octanol–water partition coefficient (Wildman–Crippen LogP) is 3.60. The Labute approximate surface area is 148 Å². The number of thiazole rings is 1. The van der Waals surface area contributed by atoms with Crippen molar-refractivity contribution in [3.8, 4) is 0 Å². The molecule has 2 rings (SSSR count). The topological polar surface area (TPSA) is 62.3 Å².